The number of hydrogen-bond acceptors (Lipinski definition) is 5. The van der Waals surface area contributed by atoms with Crippen LogP contribution in [0.1, 0.15) is 16.9 Å². The lowest BCUT2D eigenvalue weighted by Crippen LogP contribution is -2.26. The van der Waals surface area contributed by atoms with Gasteiger partial charge in [0.25, 0.3) is 5.91 Å². The number of hydrogen-bond donors (Lipinski definition) is 2. The van der Waals surface area contributed by atoms with Crippen LogP contribution in [0.25, 0.3) is 9.88 Å². The molecule has 0 unspecified atom stereocenters. The lowest BCUT2D eigenvalue weighted by molar-refractivity contribution is 0.0949. The number of thiophene rings is 1. The van der Waals surface area contributed by atoms with Crippen LogP contribution < -0.4 is 10.6 Å². The summed E-state index contributed by atoms with van der Waals surface area (Å²) >= 11 is 6.53. The first-order chi connectivity index (χ1) is 9.20. The standard InChI is InChI=1S/C12H14BrN3OS2/c1-14-5-2-6-15-11(17)8-7-18-12(16-8)9-3-4-10(13)19-9/h3-4,7,14H,2,5-6H2,1H3,(H,15,17). The second kappa shape index (κ2) is 7.14. The Morgan fingerprint density at radius 3 is 2.95 bits per heavy atom. The van der Waals surface area contributed by atoms with E-state index in [1.807, 2.05) is 19.2 Å². The predicted octanol–water partition coefficient (Wildman–Crippen LogP) is 2.97. The number of nitrogens with zero attached hydrogens (tertiary/aromatic N) is 1. The van der Waals surface area contributed by atoms with Gasteiger partial charge in [-0.15, -0.1) is 22.7 Å². The molecule has 4 nitrogen and oxygen atoms in total. The molecule has 0 saturated heterocycles. The minimum Gasteiger partial charge on any atom is -0.351 e. The molecule has 2 rings (SSSR count). The van der Waals surface area contributed by atoms with Crippen molar-refractivity contribution in [2.75, 3.05) is 20.1 Å². The predicted molar refractivity (Wildman–Crippen MR) is 84.0 cm³/mol. The van der Waals surface area contributed by atoms with E-state index >= 15 is 0 Å². The summed E-state index contributed by atoms with van der Waals surface area (Å²) in [6.07, 6.45) is 0.914. The van der Waals surface area contributed by atoms with Crippen molar-refractivity contribution in [2.45, 2.75) is 6.42 Å². The monoisotopic (exact) mass is 359 g/mol. The summed E-state index contributed by atoms with van der Waals surface area (Å²) in [6, 6.07) is 3.99. The van der Waals surface area contributed by atoms with E-state index in [1.54, 1.807) is 16.7 Å². The van der Waals surface area contributed by atoms with Crippen LogP contribution in [0.2, 0.25) is 0 Å². The lowest BCUT2D eigenvalue weighted by atomic mass is 10.4. The normalized spacial score (nSPS) is 10.6. The van der Waals surface area contributed by atoms with Crippen LogP contribution in [0.3, 0.4) is 0 Å². The smallest absolute Gasteiger partial charge is 0.270 e. The van der Waals surface area contributed by atoms with Crippen LogP contribution in [-0.2, 0) is 0 Å². The number of nitrogens with one attached hydrogen (secondary N) is 2. The van der Waals surface area contributed by atoms with Crippen molar-refractivity contribution in [1.29, 1.82) is 0 Å². The van der Waals surface area contributed by atoms with E-state index in [4.69, 9.17) is 0 Å². The van der Waals surface area contributed by atoms with E-state index in [9.17, 15) is 4.79 Å². The summed E-state index contributed by atoms with van der Waals surface area (Å²) in [4.78, 5) is 17.3. The summed E-state index contributed by atoms with van der Waals surface area (Å²) < 4.78 is 1.07. The van der Waals surface area contributed by atoms with Crippen LogP contribution in [0.5, 0.6) is 0 Å². The average Bonchev–Trinajstić information content (AvgIpc) is 3.02. The quantitative estimate of drug-likeness (QED) is 0.779. The van der Waals surface area contributed by atoms with Gasteiger partial charge in [-0.05, 0) is 48.1 Å². The third-order valence-corrected chi connectivity index (χ3v) is 5.05. The van der Waals surface area contributed by atoms with E-state index in [0.717, 1.165) is 26.6 Å². The number of carbonyl (C=O) groups excluding carboxylic acids is 1. The molecule has 0 aromatic carbocycles. The zero-order valence-electron chi connectivity index (χ0n) is 10.4. The molecule has 102 valence electrons. The van der Waals surface area contributed by atoms with Crippen LogP contribution in [0.15, 0.2) is 21.3 Å². The second-order valence-electron chi connectivity index (χ2n) is 3.85. The first kappa shape index (κ1) is 14.6. The highest BCUT2D eigenvalue weighted by Gasteiger charge is 2.12. The zero-order chi connectivity index (χ0) is 13.7. The largest absolute Gasteiger partial charge is 0.351 e. The van der Waals surface area contributed by atoms with Gasteiger partial charge < -0.3 is 10.6 Å². The van der Waals surface area contributed by atoms with Gasteiger partial charge in [-0.2, -0.15) is 0 Å². The highest BCUT2D eigenvalue weighted by atomic mass is 79.9. The van der Waals surface area contributed by atoms with Crippen molar-refractivity contribution in [3.8, 4) is 9.88 Å². The Morgan fingerprint density at radius 1 is 1.42 bits per heavy atom. The van der Waals surface area contributed by atoms with Gasteiger partial charge in [0.2, 0.25) is 0 Å². The van der Waals surface area contributed by atoms with E-state index in [2.05, 4.69) is 31.5 Å². The molecular formula is C12H14BrN3OS2. The van der Waals surface area contributed by atoms with Gasteiger partial charge in [0.05, 0.1) is 8.66 Å². The molecule has 19 heavy (non-hydrogen) atoms. The number of thiazole rings is 1. The molecule has 0 aliphatic heterocycles. The molecule has 0 aliphatic carbocycles. The maximum Gasteiger partial charge on any atom is 0.270 e. The number of amides is 1. The molecule has 0 radical (unpaired) electrons. The summed E-state index contributed by atoms with van der Waals surface area (Å²) in [5.41, 5.74) is 0.494. The Morgan fingerprint density at radius 2 is 2.26 bits per heavy atom. The van der Waals surface area contributed by atoms with Gasteiger partial charge in [0, 0.05) is 11.9 Å². The first-order valence-electron chi connectivity index (χ1n) is 5.84. The molecule has 0 bridgehead atoms. The molecule has 7 heteroatoms. The SMILES string of the molecule is CNCCCNC(=O)c1csc(-c2ccc(Br)s2)n1. The maximum absolute atomic E-state index is 11.9. The van der Waals surface area contributed by atoms with Crippen LogP contribution in [0.4, 0.5) is 0 Å². The van der Waals surface area contributed by atoms with Crippen LogP contribution in [-0.4, -0.2) is 31.0 Å². The summed E-state index contributed by atoms with van der Waals surface area (Å²) in [7, 11) is 1.90. The molecule has 2 aromatic heterocycles. The number of carbonyl (C=O) groups is 1. The highest BCUT2D eigenvalue weighted by Crippen LogP contribution is 2.33. The topological polar surface area (TPSA) is 54.0 Å². The average molecular weight is 360 g/mol. The van der Waals surface area contributed by atoms with Crippen LogP contribution in [0, 0.1) is 0 Å². The van der Waals surface area contributed by atoms with Crippen molar-refractivity contribution in [1.82, 2.24) is 15.6 Å². The molecule has 0 fully saturated rings. The highest BCUT2D eigenvalue weighted by molar-refractivity contribution is 9.11. The Labute approximate surface area is 128 Å². The first-order valence-corrected chi connectivity index (χ1v) is 8.33. The Bertz CT molecular complexity index is 553. The molecule has 0 atom stereocenters. The molecule has 1 amide bonds. The van der Waals surface area contributed by atoms with Gasteiger partial charge in [-0.1, -0.05) is 0 Å². The van der Waals surface area contributed by atoms with Gasteiger partial charge >= 0.3 is 0 Å². The minimum absolute atomic E-state index is 0.103. The summed E-state index contributed by atoms with van der Waals surface area (Å²) in [6.45, 7) is 1.56. The van der Waals surface area contributed by atoms with Gasteiger partial charge in [-0.3, -0.25) is 4.79 Å². The number of rotatable bonds is 6. The lowest BCUT2D eigenvalue weighted by Gasteiger charge is -2.02. The Balaban J connectivity index is 1.95. The summed E-state index contributed by atoms with van der Waals surface area (Å²) in [5.74, 6) is -0.103. The van der Waals surface area contributed by atoms with Crippen LogP contribution >= 0.6 is 38.6 Å². The van der Waals surface area contributed by atoms with E-state index < -0.39 is 0 Å². The minimum atomic E-state index is -0.103. The van der Waals surface area contributed by atoms with Gasteiger partial charge in [-0.25, -0.2) is 4.98 Å². The summed E-state index contributed by atoms with van der Waals surface area (Å²) in [5, 5.41) is 8.59. The maximum atomic E-state index is 11.9. The molecule has 0 aliphatic rings. The van der Waals surface area contributed by atoms with E-state index in [0.29, 0.717) is 12.2 Å². The Kier molecular flexibility index (Phi) is 5.50. The molecule has 2 aromatic rings. The van der Waals surface area contributed by atoms with Crippen molar-refractivity contribution >= 4 is 44.5 Å². The van der Waals surface area contributed by atoms with Crippen molar-refractivity contribution in [3.05, 3.63) is 27.0 Å². The molecule has 2 heterocycles. The third-order valence-electron chi connectivity index (χ3n) is 2.41. The number of halogens is 1. The fourth-order valence-corrected chi connectivity index (χ4v) is 3.74. The number of aromatic nitrogens is 1. The van der Waals surface area contributed by atoms with Crippen molar-refractivity contribution < 1.29 is 4.79 Å². The molecular weight excluding hydrogens is 346 g/mol. The third kappa shape index (κ3) is 4.10. The molecule has 2 N–H and O–H groups in total. The second-order valence-corrected chi connectivity index (χ2v) is 7.18. The Hall–Kier alpha value is -0.760. The van der Waals surface area contributed by atoms with E-state index in [-0.39, 0.29) is 5.91 Å². The fourth-order valence-electron chi connectivity index (χ4n) is 1.48. The fraction of sp³-hybridized carbons (Fsp3) is 0.333. The van der Waals surface area contributed by atoms with Gasteiger partial charge in [0.1, 0.15) is 10.7 Å². The van der Waals surface area contributed by atoms with Crippen molar-refractivity contribution in [2.24, 2.45) is 0 Å². The van der Waals surface area contributed by atoms with Gasteiger partial charge in [0.15, 0.2) is 0 Å². The van der Waals surface area contributed by atoms with E-state index in [1.165, 1.54) is 11.3 Å². The zero-order valence-corrected chi connectivity index (χ0v) is 13.6. The van der Waals surface area contributed by atoms with Crippen molar-refractivity contribution in [3.63, 3.8) is 0 Å². The molecule has 0 spiro atoms. The molecule has 0 saturated carbocycles.